The van der Waals surface area contributed by atoms with E-state index < -0.39 is 12.3 Å². The summed E-state index contributed by atoms with van der Waals surface area (Å²) in [5.74, 6) is -0.937. The lowest BCUT2D eigenvalue weighted by atomic mass is 10.2. The Morgan fingerprint density at radius 2 is 1.78 bits per heavy atom. The molecule has 0 atom stereocenters. The minimum Gasteiger partial charge on any atom is -0.458 e. The van der Waals surface area contributed by atoms with E-state index in [2.05, 4.69) is 4.74 Å². The van der Waals surface area contributed by atoms with E-state index in [9.17, 15) is 18.0 Å². The van der Waals surface area contributed by atoms with Crippen LogP contribution >= 0.6 is 0 Å². The molecule has 2 rings (SSSR count). The highest BCUT2D eigenvalue weighted by molar-refractivity contribution is 5.87. The van der Waals surface area contributed by atoms with Gasteiger partial charge in [0.1, 0.15) is 12.4 Å². The van der Waals surface area contributed by atoms with Crippen LogP contribution in [0.2, 0.25) is 0 Å². The molecule has 2 aromatic carbocycles. The first-order chi connectivity index (χ1) is 10.9. The number of esters is 1. The van der Waals surface area contributed by atoms with E-state index >= 15 is 0 Å². The Morgan fingerprint density at radius 3 is 2.48 bits per heavy atom. The summed E-state index contributed by atoms with van der Waals surface area (Å²) in [6.45, 7) is 0.126. The summed E-state index contributed by atoms with van der Waals surface area (Å²) >= 11 is 0. The second-order valence-corrected chi connectivity index (χ2v) is 4.55. The summed E-state index contributed by atoms with van der Waals surface area (Å²) in [5.41, 5.74) is 1.23. The monoisotopic (exact) mass is 322 g/mol. The van der Waals surface area contributed by atoms with Gasteiger partial charge in [-0.15, -0.1) is 13.2 Å². The van der Waals surface area contributed by atoms with Gasteiger partial charge in [-0.25, -0.2) is 4.79 Å². The second kappa shape index (κ2) is 7.49. The largest absolute Gasteiger partial charge is 0.573 e. The zero-order valence-electron chi connectivity index (χ0n) is 11.9. The van der Waals surface area contributed by atoms with E-state index in [0.717, 1.165) is 11.6 Å². The van der Waals surface area contributed by atoms with Crippen LogP contribution in [0.4, 0.5) is 13.2 Å². The molecular formula is C17H13F3O3. The van der Waals surface area contributed by atoms with Gasteiger partial charge >= 0.3 is 12.3 Å². The lowest BCUT2D eigenvalue weighted by molar-refractivity contribution is -0.274. The van der Waals surface area contributed by atoms with Gasteiger partial charge in [-0.2, -0.15) is 0 Å². The van der Waals surface area contributed by atoms with Crippen molar-refractivity contribution < 1.29 is 27.4 Å². The summed E-state index contributed by atoms with van der Waals surface area (Å²) in [7, 11) is 0. The maximum atomic E-state index is 12.1. The van der Waals surface area contributed by atoms with E-state index in [-0.39, 0.29) is 12.4 Å². The predicted octanol–water partition coefficient (Wildman–Crippen LogP) is 4.34. The third-order valence-electron chi connectivity index (χ3n) is 2.73. The SMILES string of the molecule is O=C(/C=C/c1cccc(OC(F)(F)F)c1)OCc1ccccc1. The molecule has 0 heterocycles. The highest BCUT2D eigenvalue weighted by Crippen LogP contribution is 2.23. The maximum absolute atomic E-state index is 12.1. The number of carbonyl (C=O) groups is 1. The molecule has 23 heavy (non-hydrogen) atoms. The molecule has 0 fully saturated rings. The molecule has 2 aromatic rings. The van der Waals surface area contributed by atoms with E-state index in [0.29, 0.717) is 5.56 Å². The first-order valence-electron chi connectivity index (χ1n) is 6.67. The summed E-state index contributed by atoms with van der Waals surface area (Å²) in [6, 6.07) is 14.4. The summed E-state index contributed by atoms with van der Waals surface area (Å²) in [6.07, 6.45) is -2.25. The van der Waals surface area contributed by atoms with E-state index in [4.69, 9.17) is 4.74 Å². The maximum Gasteiger partial charge on any atom is 0.573 e. The molecule has 0 amide bonds. The molecule has 0 aliphatic rings. The number of alkyl halides is 3. The molecular weight excluding hydrogens is 309 g/mol. The number of carbonyl (C=O) groups excluding carboxylic acids is 1. The zero-order chi connectivity index (χ0) is 16.7. The van der Waals surface area contributed by atoms with E-state index in [1.54, 1.807) is 6.07 Å². The standard InChI is InChI=1S/C17H13F3O3/c18-17(19,20)23-15-8-4-7-13(11-15)9-10-16(21)22-12-14-5-2-1-3-6-14/h1-11H,12H2/b10-9+. The number of benzene rings is 2. The number of rotatable bonds is 5. The van der Waals surface area contributed by atoms with Crippen LogP contribution in [-0.4, -0.2) is 12.3 Å². The van der Waals surface area contributed by atoms with Crippen LogP contribution in [0.15, 0.2) is 60.7 Å². The molecule has 0 unspecified atom stereocenters. The average Bonchev–Trinajstić information content (AvgIpc) is 2.51. The minimum absolute atomic E-state index is 0.126. The zero-order valence-corrected chi connectivity index (χ0v) is 11.9. The number of hydrogen-bond acceptors (Lipinski definition) is 3. The smallest absolute Gasteiger partial charge is 0.458 e. The lowest BCUT2D eigenvalue weighted by Crippen LogP contribution is -2.17. The van der Waals surface area contributed by atoms with Gasteiger partial charge in [-0.3, -0.25) is 0 Å². The molecule has 0 saturated heterocycles. The molecule has 0 aliphatic carbocycles. The molecule has 0 saturated carbocycles. The molecule has 0 spiro atoms. The number of ether oxygens (including phenoxy) is 2. The Kier molecular flexibility index (Phi) is 5.41. The fourth-order valence-corrected chi connectivity index (χ4v) is 1.76. The van der Waals surface area contributed by atoms with Gasteiger partial charge in [0.25, 0.3) is 0 Å². The highest BCUT2D eigenvalue weighted by atomic mass is 19.4. The molecule has 0 radical (unpaired) electrons. The molecule has 0 N–H and O–H groups in total. The second-order valence-electron chi connectivity index (χ2n) is 4.55. The highest BCUT2D eigenvalue weighted by Gasteiger charge is 2.30. The van der Waals surface area contributed by atoms with Gasteiger partial charge in [0.05, 0.1) is 0 Å². The first kappa shape index (κ1) is 16.6. The van der Waals surface area contributed by atoms with Crippen LogP contribution in [-0.2, 0) is 16.1 Å². The summed E-state index contributed by atoms with van der Waals surface area (Å²) in [4.78, 5) is 11.6. The van der Waals surface area contributed by atoms with Gasteiger partial charge in [-0.1, -0.05) is 42.5 Å². The van der Waals surface area contributed by atoms with Crippen LogP contribution in [0.3, 0.4) is 0 Å². The van der Waals surface area contributed by atoms with Gasteiger partial charge < -0.3 is 9.47 Å². The normalized spacial score (nSPS) is 11.4. The van der Waals surface area contributed by atoms with Crippen LogP contribution in [0.25, 0.3) is 6.08 Å². The number of hydrogen-bond donors (Lipinski definition) is 0. The minimum atomic E-state index is -4.75. The number of halogens is 3. The van der Waals surface area contributed by atoms with Crippen molar-refractivity contribution in [2.75, 3.05) is 0 Å². The first-order valence-corrected chi connectivity index (χ1v) is 6.67. The quantitative estimate of drug-likeness (QED) is 0.607. The Bertz CT molecular complexity index is 679. The Hall–Kier alpha value is -2.76. The van der Waals surface area contributed by atoms with E-state index in [1.807, 2.05) is 30.3 Å². The Balaban J connectivity index is 1.91. The topological polar surface area (TPSA) is 35.5 Å². The van der Waals surface area contributed by atoms with Crippen molar-refractivity contribution in [3.63, 3.8) is 0 Å². The fourth-order valence-electron chi connectivity index (χ4n) is 1.76. The van der Waals surface area contributed by atoms with Crippen LogP contribution in [0.1, 0.15) is 11.1 Å². The lowest BCUT2D eigenvalue weighted by Gasteiger charge is -2.08. The van der Waals surface area contributed by atoms with Crippen molar-refractivity contribution in [1.29, 1.82) is 0 Å². The van der Waals surface area contributed by atoms with Crippen molar-refractivity contribution in [2.45, 2.75) is 13.0 Å². The van der Waals surface area contributed by atoms with Crippen molar-refractivity contribution in [3.05, 3.63) is 71.8 Å². The fraction of sp³-hybridized carbons (Fsp3) is 0.118. The molecule has 0 aromatic heterocycles. The van der Waals surface area contributed by atoms with Gasteiger partial charge in [0, 0.05) is 6.08 Å². The van der Waals surface area contributed by atoms with E-state index in [1.165, 1.54) is 24.3 Å². The predicted molar refractivity (Wildman–Crippen MR) is 78.4 cm³/mol. The third kappa shape index (κ3) is 6.25. The van der Waals surface area contributed by atoms with Crippen LogP contribution in [0, 0.1) is 0 Å². The van der Waals surface area contributed by atoms with Crippen molar-refractivity contribution >= 4 is 12.0 Å². The van der Waals surface area contributed by atoms with Crippen molar-refractivity contribution in [1.82, 2.24) is 0 Å². The van der Waals surface area contributed by atoms with Gasteiger partial charge in [-0.05, 0) is 29.3 Å². The molecule has 120 valence electrons. The Morgan fingerprint density at radius 1 is 1.04 bits per heavy atom. The summed E-state index contributed by atoms with van der Waals surface area (Å²) in [5, 5.41) is 0. The average molecular weight is 322 g/mol. The van der Waals surface area contributed by atoms with Crippen LogP contribution < -0.4 is 4.74 Å². The Labute approximate surface area is 131 Å². The van der Waals surface area contributed by atoms with Gasteiger partial charge in [0.15, 0.2) is 0 Å². The van der Waals surface area contributed by atoms with Crippen molar-refractivity contribution in [2.24, 2.45) is 0 Å². The van der Waals surface area contributed by atoms with Crippen molar-refractivity contribution in [3.8, 4) is 5.75 Å². The third-order valence-corrected chi connectivity index (χ3v) is 2.73. The molecule has 0 aliphatic heterocycles. The molecule has 6 heteroatoms. The molecule has 0 bridgehead atoms. The van der Waals surface area contributed by atoms with Crippen LogP contribution in [0.5, 0.6) is 5.75 Å². The van der Waals surface area contributed by atoms with Gasteiger partial charge in [0.2, 0.25) is 0 Å². The summed E-state index contributed by atoms with van der Waals surface area (Å²) < 4.78 is 45.2. The molecule has 3 nitrogen and oxygen atoms in total.